The Hall–Kier alpha value is -1.89. The number of H-pyrrole nitrogens is 1. The van der Waals surface area contributed by atoms with Crippen LogP contribution in [0.4, 0.5) is 0 Å². The summed E-state index contributed by atoms with van der Waals surface area (Å²) in [7, 11) is 1.31. The third-order valence-electron chi connectivity index (χ3n) is 2.60. The minimum absolute atomic E-state index is 0.414. The van der Waals surface area contributed by atoms with Crippen LogP contribution in [0.1, 0.15) is 5.56 Å². The Kier molecular flexibility index (Phi) is 3.08. The van der Waals surface area contributed by atoms with Crippen LogP contribution in [0, 0.1) is 6.92 Å². The molecule has 0 unspecified atom stereocenters. The summed E-state index contributed by atoms with van der Waals surface area (Å²) in [5.41, 5.74) is -0.851. The van der Waals surface area contributed by atoms with Gasteiger partial charge in [-0.3, -0.25) is 4.98 Å². The molecule has 0 aliphatic carbocycles. The molecule has 0 saturated heterocycles. The SMILES string of the molecule is Cc1cc(-n2c(=O)[nH]c(=O)n(C)c2=O)ccc1Br. The van der Waals surface area contributed by atoms with E-state index < -0.39 is 17.1 Å². The molecule has 0 radical (unpaired) electrons. The van der Waals surface area contributed by atoms with Crippen molar-refractivity contribution in [3.63, 3.8) is 0 Å². The summed E-state index contributed by atoms with van der Waals surface area (Å²) in [6, 6.07) is 5.05. The minimum Gasteiger partial charge on any atom is -0.258 e. The van der Waals surface area contributed by atoms with Crippen molar-refractivity contribution in [3.8, 4) is 5.69 Å². The number of halogens is 1. The van der Waals surface area contributed by atoms with E-state index in [1.54, 1.807) is 18.2 Å². The highest BCUT2D eigenvalue weighted by atomic mass is 79.9. The first kappa shape index (κ1) is 12.6. The topological polar surface area (TPSA) is 76.9 Å². The maximum atomic E-state index is 11.9. The highest BCUT2D eigenvalue weighted by Crippen LogP contribution is 2.17. The number of aromatic nitrogens is 3. The van der Waals surface area contributed by atoms with Gasteiger partial charge in [0.25, 0.3) is 0 Å². The van der Waals surface area contributed by atoms with Crippen LogP contribution in [0.2, 0.25) is 0 Å². The molecular weight excluding hydrogens is 302 g/mol. The molecule has 6 nitrogen and oxygen atoms in total. The number of aryl methyl sites for hydroxylation is 1. The summed E-state index contributed by atoms with van der Waals surface area (Å²) in [5.74, 6) is 0. The van der Waals surface area contributed by atoms with Gasteiger partial charge in [-0.15, -0.1) is 0 Å². The first-order chi connectivity index (χ1) is 8.41. The average molecular weight is 312 g/mol. The van der Waals surface area contributed by atoms with Crippen LogP contribution >= 0.6 is 15.9 Å². The molecule has 1 N–H and O–H groups in total. The van der Waals surface area contributed by atoms with Crippen LogP contribution in [0.25, 0.3) is 5.69 Å². The highest BCUT2D eigenvalue weighted by molar-refractivity contribution is 9.10. The van der Waals surface area contributed by atoms with Gasteiger partial charge in [0.15, 0.2) is 0 Å². The Morgan fingerprint density at radius 2 is 1.83 bits per heavy atom. The molecule has 1 aromatic carbocycles. The molecular formula is C11H10BrN3O3. The maximum Gasteiger partial charge on any atom is 0.340 e. The molecule has 7 heteroatoms. The summed E-state index contributed by atoms with van der Waals surface area (Å²) < 4.78 is 2.64. The van der Waals surface area contributed by atoms with Crippen molar-refractivity contribution in [3.05, 3.63) is 59.7 Å². The molecule has 2 aromatic rings. The van der Waals surface area contributed by atoms with Gasteiger partial charge in [0.2, 0.25) is 0 Å². The number of hydrogen-bond acceptors (Lipinski definition) is 3. The molecule has 2 rings (SSSR count). The van der Waals surface area contributed by atoms with Gasteiger partial charge < -0.3 is 0 Å². The van der Waals surface area contributed by atoms with E-state index >= 15 is 0 Å². The van der Waals surface area contributed by atoms with E-state index in [0.29, 0.717) is 5.69 Å². The summed E-state index contributed by atoms with van der Waals surface area (Å²) >= 11 is 3.34. The van der Waals surface area contributed by atoms with Crippen molar-refractivity contribution >= 4 is 15.9 Å². The van der Waals surface area contributed by atoms with Crippen LogP contribution in [-0.2, 0) is 7.05 Å². The molecule has 0 fully saturated rings. The summed E-state index contributed by atoms with van der Waals surface area (Å²) in [5, 5.41) is 0. The molecule has 18 heavy (non-hydrogen) atoms. The number of nitrogens with one attached hydrogen (secondary N) is 1. The Bertz CT molecular complexity index is 785. The van der Waals surface area contributed by atoms with E-state index in [9.17, 15) is 14.4 Å². The molecule has 0 amide bonds. The predicted octanol–water partition coefficient (Wildman–Crippen LogP) is 0.295. The lowest BCUT2D eigenvalue weighted by atomic mass is 10.2. The van der Waals surface area contributed by atoms with Gasteiger partial charge in [0.1, 0.15) is 0 Å². The van der Waals surface area contributed by atoms with Gasteiger partial charge in [-0.2, -0.15) is 0 Å². The quantitative estimate of drug-likeness (QED) is 0.822. The van der Waals surface area contributed by atoms with Crippen LogP contribution < -0.4 is 17.1 Å². The van der Waals surface area contributed by atoms with E-state index in [4.69, 9.17) is 0 Å². The second kappa shape index (κ2) is 4.41. The zero-order valence-corrected chi connectivity index (χ0v) is 11.3. The highest BCUT2D eigenvalue weighted by Gasteiger charge is 2.09. The van der Waals surface area contributed by atoms with Gasteiger partial charge in [-0.1, -0.05) is 15.9 Å². The zero-order valence-electron chi connectivity index (χ0n) is 9.73. The number of aromatic amines is 1. The summed E-state index contributed by atoms with van der Waals surface area (Å²) in [4.78, 5) is 36.9. The summed E-state index contributed by atoms with van der Waals surface area (Å²) in [6.07, 6.45) is 0. The van der Waals surface area contributed by atoms with Crippen molar-refractivity contribution < 1.29 is 0 Å². The smallest absolute Gasteiger partial charge is 0.258 e. The standard InChI is InChI=1S/C11H10BrN3O3/c1-6-5-7(3-4-8(6)12)15-10(17)13-9(16)14(2)11(15)18/h3-5H,1-2H3,(H,13,16,17). The van der Waals surface area contributed by atoms with Crippen molar-refractivity contribution in [2.75, 3.05) is 0 Å². The van der Waals surface area contributed by atoms with Crippen molar-refractivity contribution in [1.29, 1.82) is 0 Å². The van der Waals surface area contributed by atoms with Crippen LogP contribution in [-0.4, -0.2) is 14.1 Å². The molecule has 0 aliphatic heterocycles. The van der Waals surface area contributed by atoms with Crippen molar-refractivity contribution in [2.24, 2.45) is 7.05 Å². The lowest BCUT2D eigenvalue weighted by Crippen LogP contribution is -2.47. The molecule has 0 aliphatic rings. The van der Waals surface area contributed by atoms with E-state index in [-0.39, 0.29) is 0 Å². The Morgan fingerprint density at radius 1 is 1.17 bits per heavy atom. The molecule has 0 bridgehead atoms. The number of benzene rings is 1. The molecule has 0 saturated carbocycles. The fraction of sp³-hybridized carbons (Fsp3) is 0.182. The van der Waals surface area contributed by atoms with Gasteiger partial charge in [0.05, 0.1) is 5.69 Å². The first-order valence-corrected chi connectivity index (χ1v) is 5.90. The Balaban J connectivity index is 2.84. The van der Waals surface area contributed by atoms with Gasteiger partial charge >= 0.3 is 17.1 Å². The monoisotopic (exact) mass is 311 g/mol. The van der Waals surface area contributed by atoms with Crippen LogP contribution in [0.3, 0.4) is 0 Å². The molecule has 94 valence electrons. The second-order valence-electron chi connectivity index (χ2n) is 3.85. The molecule has 1 aromatic heterocycles. The fourth-order valence-electron chi connectivity index (χ4n) is 1.55. The first-order valence-electron chi connectivity index (χ1n) is 5.10. The van der Waals surface area contributed by atoms with Crippen molar-refractivity contribution in [2.45, 2.75) is 6.92 Å². The third kappa shape index (κ3) is 1.97. The lowest BCUT2D eigenvalue weighted by Gasteiger charge is -2.07. The number of hydrogen-bond donors (Lipinski definition) is 1. The molecule has 0 atom stereocenters. The third-order valence-corrected chi connectivity index (χ3v) is 3.49. The number of nitrogens with zero attached hydrogens (tertiary/aromatic N) is 2. The second-order valence-corrected chi connectivity index (χ2v) is 4.70. The van der Waals surface area contributed by atoms with Gasteiger partial charge in [-0.25, -0.2) is 23.5 Å². The fourth-order valence-corrected chi connectivity index (χ4v) is 1.80. The molecule has 1 heterocycles. The summed E-state index contributed by atoms with van der Waals surface area (Å²) in [6.45, 7) is 1.84. The number of rotatable bonds is 1. The van der Waals surface area contributed by atoms with E-state index in [1.807, 2.05) is 6.92 Å². The van der Waals surface area contributed by atoms with Crippen LogP contribution in [0.15, 0.2) is 37.1 Å². The van der Waals surface area contributed by atoms with Gasteiger partial charge in [-0.05, 0) is 30.7 Å². The van der Waals surface area contributed by atoms with Gasteiger partial charge in [0, 0.05) is 11.5 Å². The minimum atomic E-state index is -0.746. The predicted molar refractivity (Wildman–Crippen MR) is 70.3 cm³/mol. The average Bonchev–Trinajstić information content (AvgIpc) is 2.31. The normalized spacial score (nSPS) is 10.6. The maximum absolute atomic E-state index is 11.9. The Morgan fingerprint density at radius 3 is 2.44 bits per heavy atom. The van der Waals surface area contributed by atoms with Crippen molar-refractivity contribution in [1.82, 2.24) is 14.1 Å². The largest absolute Gasteiger partial charge is 0.340 e. The van der Waals surface area contributed by atoms with E-state index in [1.165, 1.54) is 7.05 Å². The zero-order chi connectivity index (χ0) is 13.4. The van der Waals surface area contributed by atoms with Crippen LogP contribution in [0.5, 0.6) is 0 Å². The van der Waals surface area contributed by atoms with E-state index in [2.05, 4.69) is 20.9 Å². The lowest BCUT2D eigenvalue weighted by molar-refractivity contribution is 0.660. The molecule has 0 spiro atoms. The Labute approximate surface area is 110 Å². The van der Waals surface area contributed by atoms with E-state index in [0.717, 1.165) is 19.2 Å².